The molecule has 0 saturated heterocycles. The van der Waals surface area contributed by atoms with Gasteiger partial charge in [0.25, 0.3) is 0 Å². The standard InChI is InChI=1S/C21H19ClF3N7O/c1-31-20(28-11-30-31)13-9-29-32(10-13)17(6-7-33-21(24)25)16-5-2-12(8-27-16)18-15(26)4-3-14(22)19(18)23/h2-5,8-11,17,21H,6-7,26H2,1H3. The van der Waals surface area contributed by atoms with Crippen LogP contribution in [0.3, 0.4) is 0 Å². The molecule has 3 heterocycles. The molecule has 1 aromatic carbocycles. The van der Waals surface area contributed by atoms with Crippen molar-refractivity contribution in [1.29, 1.82) is 0 Å². The van der Waals surface area contributed by atoms with Crippen LogP contribution in [0, 0.1) is 5.82 Å². The molecule has 8 nitrogen and oxygen atoms in total. The van der Waals surface area contributed by atoms with Crippen molar-refractivity contribution in [2.24, 2.45) is 7.05 Å². The van der Waals surface area contributed by atoms with Crippen LogP contribution >= 0.6 is 11.6 Å². The third-order valence-electron chi connectivity index (χ3n) is 5.07. The van der Waals surface area contributed by atoms with E-state index in [0.29, 0.717) is 22.6 Å². The molecule has 0 spiro atoms. The van der Waals surface area contributed by atoms with E-state index in [1.165, 1.54) is 24.7 Å². The number of ether oxygens (including phenoxy) is 1. The van der Waals surface area contributed by atoms with Gasteiger partial charge in [0, 0.05) is 36.3 Å². The molecule has 0 bridgehead atoms. The fraction of sp³-hybridized carbons (Fsp3) is 0.238. The van der Waals surface area contributed by atoms with Crippen LogP contribution in [0.25, 0.3) is 22.5 Å². The summed E-state index contributed by atoms with van der Waals surface area (Å²) in [4.78, 5) is 8.62. The highest BCUT2D eigenvalue weighted by molar-refractivity contribution is 6.31. The zero-order chi connectivity index (χ0) is 23.5. The van der Waals surface area contributed by atoms with Gasteiger partial charge in [-0.25, -0.2) is 14.1 Å². The summed E-state index contributed by atoms with van der Waals surface area (Å²) in [7, 11) is 1.74. The number of nitrogens with two attached hydrogens (primary N) is 1. The van der Waals surface area contributed by atoms with Crippen molar-refractivity contribution < 1.29 is 17.9 Å². The summed E-state index contributed by atoms with van der Waals surface area (Å²) < 4.78 is 47.2. The SMILES string of the molecule is Cn1ncnc1-c1cnn(C(CCOC(F)F)c2ccc(-c3c(N)ccc(Cl)c3F)cn2)c1. The van der Waals surface area contributed by atoms with E-state index in [1.807, 2.05) is 0 Å². The van der Waals surface area contributed by atoms with Crippen LogP contribution < -0.4 is 5.73 Å². The van der Waals surface area contributed by atoms with E-state index in [1.54, 1.807) is 40.9 Å². The molecule has 2 N–H and O–H groups in total. The number of nitrogen functional groups attached to an aromatic ring is 1. The summed E-state index contributed by atoms with van der Waals surface area (Å²) in [5, 5.41) is 8.34. The highest BCUT2D eigenvalue weighted by atomic mass is 35.5. The molecule has 0 saturated carbocycles. The smallest absolute Gasteiger partial charge is 0.345 e. The fourth-order valence-corrected chi connectivity index (χ4v) is 3.63. The molecule has 0 aliphatic rings. The Balaban J connectivity index is 1.66. The number of rotatable bonds is 8. The maximum atomic E-state index is 14.5. The Kier molecular flexibility index (Phi) is 6.61. The molecule has 12 heteroatoms. The van der Waals surface area contributed by atoms with E-state index >= 15 is 0 Å². The second-order valence-corrected chi connectivity index (χ2v) is 7.56. The minimum atomic E-state index is -2.89. The van der Waals surface area contributed by atoms with Gasteiger partial charge in [-0.3, -0.25) is 9.67 Å². The summed E-state index contributed by atoms with van der Waals surface area (Å²) in [5.74, 6) is -0.0486. The molecular formula is C21H19ClF3N7O. The number of alkyl halides is 2. The van der Waals surface area contributed by atoms with Gasteiger partial charge >= 0.3 is 6.61 Å². The molecule has 1 unspecified atom stereocenters. The Hall–Kier alpha value is -3.44. The van der Waals surface area contributed by atoms with Crippen LogP contribution in [0.4, 0.5) is 18.9 Å². The summed E-state index contributed by atoms with van der Waals surface area (Å²) in [5.41, 5.74) is 7.93. The topological polar surface area (TPSA) is 96.7 Å². The van der Waals surface area contributed by atoms with Gasteiger partial charge in [-0.1, -0.05) is 17.7 Å². The largest absolute Gasteiger partial charge is 0.398 e. The first-order chi connectivity index (χ1) is 15.8. The third-order valence-corrected chi connectivity index (χ3v) is 5.36. The van der Waals surface area contributed by atoms with Gasteiger partial charge in [0.1, 0.15) is 6.33 Å². The average Bonchev–Trinajstić information content (AvgIpc) is 3.43. The van der Waals surface area contributed by atoms with E-state index < -0.39 is 18.5 Å². The van der Waals surface area contributed by atoms with Gasteiger partial charge in [0.15, 0.2) is 11.6 Å². The Labute approximate surface area is 191 Å². The lowest BCUT2D eigenvalue weighted by Gasteiger charge is -2.18. The van der Waals surface area contributed by atoms with E-state index in [9.17, 15) is 13.2 Å². The number of halogens is 4. The van der Waals surface area contributed by atoms with Crippen LogP contribution in [0.15, 0.2) is 49.2 Å². The third kappa shape index (κ3) is 4.83. The summed E-state index contributed by atoms with van der Waals surface area (Å²) in [6.07, 6.45) is 6.36. The van der Waals surface area contributed by atoms with Crippen molar-refractivity contribution in [3.05, 3.63) is 65.7 Å². The van der Waals surface area contributed by atoms with Crippen molar-refractivity contribution in [1.82, 2.24) is 29.5 Å². The number of hydrogen-bond donors (Lipinski definition) is 1. The van der Waals surface area contributed by atoms with Crippen LogP contribution in [0.5, 0.6) is 0 Å². The molecule has 0 amide bonds. The summed E-state index contributed by atoms with van der Waals surface area (Å²) in [6, 6.07) is 5.66. The van der Waals surface area contributed by atoms with Crippen molar-refractivity contribution in [2.45, 2.75) is 19.1 Å². The number of aromatic nitrogens is 6. The van der Waals surface area contributed by atoms with Gasteiger partial charge in [0.2, 0.25) is 0 Å². The zero-order valence-electron chi connectivity index (χ0n) is 17.4. The first-order valence-corrected chi connectivity index (χ1v) is 10.2. The lowest BCUT2D eigenvalue weighted by atomic mass is 10.0. The van der Waals surface area contributed by atoms with Crippen LogP contribution in [0.1, 0.15) is 18.2 Å². The van der Waals surface area contributed by atoms with Gasteiger partial charge in [-0.05, 0) is 24.6 Å². The number of benzene rings is 1. The van der Waals surface area contributed by atoms with E-state index in [-0.39, 0.29) is 29.3 Å². The van der Waals surface area contributed by atoms with Crippen LogP contribution in [-0.4, -0.2) is 42.7 Å². The van der Waals surface area contributed by atoms with E-state index in [4.69, 9.17) is 17.3 Å². The molecule has 0 aliphatic carbocycles. The van der Waals surface area contributed by atoms with Crippen LogP contribution in [0.2, 0.25) is 5.02 Å². The molecule has 0 fully saturated rings. The molecule has 4 aromatic rings. The Bertz CT molecular complexity index is 1240. The number of nitrogens with zero attached hydrogens (tertiary/aromatic N) is 6. The average molecular weight is 478 g/mol. The van der Waals surface area contributed by atoms with Gasteiger partial charge in [-0.15, -0.1) is 0 Å². The summed E-state index contributed by atoms with van der Waals surface area (Å²) in [6.45, 7) is -3.11. The minimum absolute atomic E-state index is 0.0573. The molecule has 4 rings (SSSR count). The second kappa shape index (κ2) is 9.59. The van der Waals surface area contributed by atoms with Gasteiger partial charge < -0.3 is 10.5 Å². The monoisotopic (exact) mass is 477 g/mol. The molecule has 33 heavy (non-hydrogen) atoms. The second-order valence-electron chi connectivity index (χ2n) is 7.15. The van der Waals surface area contributed by atoms with Crippen molar-refractivity contribution >= 4 is 17.3 Å². The highest BCUT2D eigenvalue weighted by Crippen LogP contribution is 2.33. The van der Waals surface area contributed by atoms with Gasteiger partial charge in [0.05, 0.1) is 35.1 Å². The lowest BCUT2D eigenvalue weighted by molar-refractivity contribution is -0.130. The quantitative estimate of drug-likeness (QED) is 0.379. The normalized spacial score (nSPS) is 12.4. The van der Waals surface area contributed by atoms with Crippen molar-refractivity contribution in [2.75, 3.05) is 12.3 Å². The molecule has 172 valence electrons. The van der Waals surface area contributed by atoms with E-state index in [2.05, 4.69) is 24.9 Å². The number of anilines is 1. The van der Waals surface area contributed by atoms with Crippen molar-refractivity contribution in [3.8, 4) is 22.5 Å². The predicted molar refractivity (Wildman–Crippen MR) is 116 cm³/mol. The maximum absolute atomic E-state index is 14.5. The van der Waals surface area contributed by atoms with Crippen LogP contribution in [-0.2, 0) is 11.8 Å². The molecular weight excluding hydrogens is 459 g/mol. The Morgan fingerprint density at radius 2 is 1.91 bits per heavy atom. The van der Waals surface area contributed by atoms with Crippen molar-refractivity contribution in [3.63, 3.8) is 0 Å². The fourth-order valence-electron chi connectivity index (χ4n) is 3.48. The molecule has 0 aliphatic heterocycles. The number of hydrogen-bond acceptors (Lipinski definition) is 6. The zero-order valence-corrected chi connectivity index (χ0v) is 18.1. The number of aryl methyl sites for hydroxylation is 1. The Morgan fingerprint density at radius 3 is 2.58 bits per heavy atom. The molecule has 3 aromatic heterocycles. The first-order valence-electron chi connectivity index (χ1n) is 9.83. The molecule has 0 radical (unpaired) electrons. The minimum Gasteiger partial charge on any atom is -0.398 e. The summed E-state index contributed by atoms with van der Waals surface area (Å²) >= 11 is 5.89. The highest BCUT2D eigenvalue weighted by Gasteiger charge is 2.20. The number of pyridine rings is 1. The van der Waals surface area contributed by atoms with E-state index in [0.717, 1.165) is 0 Å². The molecule has 1 atom stereocenters. The predicted octanol–water partition coefficient (Wildman–Crippen LogP) is 4.33. The maximum Gasteiger partial charge on any atom is 0.345 e. The van der Waals surface area contributed by atoms with Gasteiger partial charge in [-0.2, -0.15) is 19.0 Å². The lowest BCUT2D eigenvalue weighted by Crippen LogP contribution is -2.16. The Morgan fingerprint density at radius 1 is 1.09 bits per heavy atom. The first kappa shape index (κ1) is 22.7.